The second kappa shape index (κ2) is 9.71. The van der Waals surface area contributed by atoms with Gasteiger partial charge in [0, 0.05) is 12.7 Å². The van der Waals surface area contributed by atoms with E-state index in [0.717, 1.165) is 5.56 Å². The molecule has 0 saturated heterocycles. The quantitative estimate of drug-likeness (QED) is 0.598. The summed E-state index contributed by atoms with van der Waals surface area (Å²) in [6.45, 7) is 5.45. The largest absolute Gasteiger partial charge is 0.478 e. The fourth-order valence-electron chi connectivity index (χ4n) is 3.47. The summed E-state index contributed by atoms with van der Waals surface area (Å²) in [5.41, 5.74) is 1.81. The van der Waals surface area contributed by atoms with Crippen LogP contribution in [-0.2, 0) is 19.1 Å². The first-order valence-corrected chi connectivity index (χ1v) is 10.7. The van der Waals surface area contributed by atoms with Crippen molar-refractivity contribution in [3.63, 3.8) is 0 Å². The van der Waals surface area contributed by atoms with Crippen LogP contribution in [0.15, 0.2) is 46.6 Å². The van der Waals surface area contributed by atoms with E-state index in [4.69, 9.17) is 4.74 Å². The van der Waals surface area contributed by atoms with Crippen molar-refractivity contribution in [2.45, 2.75) is 26.8 Å². The molecule has 9 nitrogen and oxygen atoms in total. The molecule has 10 heteroatoms. The number of nitrogens with zero attached hydrogens (tertiary/aromatic N) is 3. The lowest BCUT2D eigenvalue weighted by atomic mass is 9.95. The lowest BCUT2D eigenvalue weighted by molar-refractivity contribution is -0.164. The topological polar surface area (TPSA) is 112 Å². The van der Waals surface area contributed by atoms with E-state index in [1.807, 2.05) is 17.7 Å². The molecular weight excluding hydrogens is 420 g/mol. The van der Waals surface area contributed by atoms with Gasteiger partial charge in [0.25, 0.3) is 5.91 Å². The number of nitrogens with one attached hydrogen (secondary N) is 1. The Hall–Kier alpha value is -3.24. The fourth-order valence-corrected chi connectivity index (χ4v) is 4.15. The molecule has 1 aliphatic rings. The van der Waals surface area contributed by atoms with Crippen LogP contribution in [-0.4, -0.2) is 57.7 Å². The standard InChI is InChI=1S/C21H24N4O5S/c1-4-24-20(27)18(23-15-10-22-8-6-13(15)3)17(21(28)29)19(14-7-9-31-12-14)25(24)11-16(26)30-5-2/h6-10,12,19,23H,4-5,11H2,1-3H3,(H,28,29). The molecule has 1 amide bonds. The monoisotopic (exact) mass is 444 g/mol. The molecule has 1 unspecified atom stereocenters. The number of ether oxygens (including phenoxy) is 1. The van der Waals surface area contributed by atoms with Crippen LogP contribution in [0.3, 0.4) is 0 Å². The highest BCUT2D eigenvalue weighted by atomic mass is 32.1. The zero-order valence-electron chi connectivity index (χ0n) is 17.5. The summed E-state index contributed by atoms with van der Waals surface area (Å²) >= 11 is 1.40. The summed E-state index contributed by atoms with van der Waals surface area (Å²) in [6.07, 6.45) is 3.15. The van der Waals surface area contributed by atoms with Crippen molar-refractivity contribution in [1.29, 1.82) is 0 Å². The summed E-state index contributed by atoms with van der Waals surface area (Å²) < 4.78 is 5.07. The van der Waals surface area contributed by atoms with Crippen LogP contribution in [0.2, 0.25) is 0 Å². The van der Waals surface area contributed by atoms with Gasteiger partial charge in [-0.05, 0) is 54.8 Å². The van der Waals surface area contributed by atoms with Crippen LogP contribution in [0.4, 0.5) is 5.69 Å². The van der Waals surface area contributed by atoms with Gasteiger partial charge in [0.1, 0.15) is 12.2 Å². The number of pyridine rings is 1. The number of likely N-dealkylation sites (N-methyl/N-ethyl adjacent to an activating group) is 1. The van der Waals surface area contributed by atoms with Gasteiger partial charge in [-0.1, -0.05) is 0 Å². The number of thiophene rings is 1. The molecule has 164 valence electrons. The van der Waals surface area contributed by atoms with Gasteiger partial charge >= 0.3 is 11.9 Å². The molecule has 1 atom stereocenters. The maximum atomic E-state index is 13.4. The lowest BCUT2D eigenvalue weighted by Crippen LogP contribution is -2.56. The molecule has 0 bridgehead atoms. The zero-order valence-corrected chi connectivity index (χ0v) is 18.3. The van der Waals surface area contributed by atoms with E-state index in [2.05, 4.69) is 10.3 Å². The first kappa shape index (κ1) is 22.4. The Morgan fingerprint density at radius 3 is 2.68 bits per heavy atom. The van der Waals surface area contributed by atoms with E-state index >= 15 is 0 Å². The van der Waals surface area contributed by atoms with Gasteiger partial charge in [0.2, 0.25) is 0 Å². The van der Waals surface area contributed by atoms with Crippen molar-refractivity contribution < 1.29 is 24.2 Å². The molecule has 0 fully saturated rings. The fraction of sp³-hybridized carbons (Fsp3) is 0.333. The minimum absolute atomic E-state index is 0.0539. The Kier molecular flexibility index (Phi) is 7.03. The Labute approximate surface area is 183 Å². The van der Waals surface area contributed by atoms with Crippen molar-refractivity contribution in [2.24, 2.45) is 0 Å². The Morgan fingerprint density at radius 1 is 1.32 bits per heavy atom. The smallest absolute Gasteiger partial charge is 0.335 e. The summed E-state index contributed by atoms with van der Waals surface area (Å²) in [5.74, 6) is -2.34. The molecule has 3 rings (SSSR count). The van der Waals surface area contributed by atoms with E-state index in [9.17, 15) is 19.5 Å². The second-order valence-corrected chi connectivity index (χ2v) is 7.57. The van der Waals surface area contributed by atoms with E-state index in [1.165, 1.54) is 27.6 Å². The molecule has 0 saturated carbocycles. The Morgan fingerprint density at radius 2 is 2.10 bits per heavy atom. The third-order valence-corrected chi connectivity index (χ3v) is 5.58. The number of rotatable bonds is 8. The van der Waals surface area contributed by atoms with Gasteiger partial charge in [-0.3, -0.25) is 19.6 Å². The Bertz CT molecular complexity index is 1000. The number of hydrogen-bond donors (Lipinski definition) is 2. The average Bonchev–Trinajstić information content (AvgIpc) is 3.25. The maximum absolute atomic E-state index is 13.4. The predicted octanol–water partition coefficient (Wildman–Crippen LogP) is 2.59. The van der Waals surface area contributed by atoms with Crippen LogP contribution < -0.4 is 5.32 Å². The van der Waals surface area contributed by atoms with Crippen molar-refractivity contribution in [3.8, 4) is 0 Å². The number of carbonyl (C=O) groups is 3. The number of carboxylic acids is 1. The first-order chi connectivity index (χ1) is 14.9. The van der Waals surface area contributed by atoms with Crippen LogP contribution in [0.5, 0.6) is 0 Å². The molecule has 0 aliphatic carbocycles. The number of aliphatic carboxylic acids is 1. The number of aryl methyl sites for hydroxylation is 1. The second-order valence-electron chi connectivity index (χ2n) is 6.79. The van der Waals surface area contributed by atoms with E-state index < -0.39 is 23.9 Å². The van der Waals surface area contributed by atoms with Crippen LogP contribution in [0, 0.1) is 6.92 Å². The van der Waals surface area contributed by atoms with Crippen molar-refractivity contribution >= 4 is 34.9 Å². The molecule has 0 spiro atoms. The number of amides is 1. The molecule has 3 heterocycles. The number of esters is 1. The van der Waals surface area contributed by atoms with Gasteiger partial charge < -0.3 is 15.2 Å². The minimum atomic E-state index is -1.25. The van der Waals surface area contributed by atoms with Gasteiger partial charge in [-0.2, -0.15) is 16.3 Å². The van der Waals surface area contributed by atoms with Crippen LogP contribution in [0.1, 0.15) is 31.0 Å². The third-order valence-electron chi connectivity index (χ3n) is 4.88. The molecule has 2 aromatic rings. The number of carboxylic acid groups (broad SMARTS) is 1. The van der Waals surface area contributed by atoms with Crippen molar-refractivity contribution in [1.82, 2.24) is 15.0 Å². The summed E-state index contributed by atoms with van der Waals surface area (Å²) in [4.78, 5) is 42.2. The maximum Gasteiger partial charge on any atom is 0.335 e. The Balaban J connectivity index is 2.18. The number of hydrogen-bond acceptors (Lipinski definition) is 8. The molecule has 2 aromatic heterocycles. The SMILES string of the molecule is CCOC(=O)CN1C(c2ccsc2)C(C(=O)O)=C(Nc2cnccc2C)C(=O)N1CC. The molecule has 0 radical (unpaired) electrons. The average molecular weight is 445 g/mol. The summed E-state index contributed by atoms with van der Waals surface area (Å²) in [6, 6.07) is 2.69. The van der Waals surface area contributed by atoms with Crippen LogP contribution >= 0.6 is 11.3 Å². The predicted molar refractivity (Wildman–Crippen MR) is 115 cm³/mol. The number of anilines is 1. The first-order valence-electron chi connectivity index (χ1n) is 9.80. The normalized spacial score (nSPS) is 17.1. The number of hydrazine groups is 1. The molecule has 0 aromatic carbocycles. The molecule has 31 heavy (non-hydrogen) atoms. The zero-order chi connectivity index (χ0) is 22.5. The molecule has 2 N–H and O–H groups in total. The van der Waals surface area contributed by atoms with Gasteiger partial charge in [0.05, 0.1) is 30.1 Å². The van der Waals surface area contributed by atoms with Gasteiger partial charge in [-0.15, -0.1) is 0 Å². The number of aromatic nitrogens is 1. The van der Waals surface area contributed by atoms with E-state index in [0.29, 0.717) is 11.3 Å². The minimum Gasteiger partial charge on any atom is -0.478 e. The van der Waals surface area contributed by atoms with Gasteiger partial charge in [0.15, 0.2) is 0 Å². The van der Waals surface area contributed by atoms with E-state index in [-0.39, 0.29) is 31.0 Å². The summed E-state index contributed by atoms with van der Waals surface area (Å²) in [5, 5.41) is 19.6. The molecule has 1 aliphatic heterocycles. The van der Waals surface area contributed by atoms with Crippen molar-refractivity contribution in [3.05, 3.63) is 57.7 Å². The highest BCUT2D eigenvalue weighted by Gasteiger charge is 2.44. The highest BCUT2D eigenvalue weighted by molar-refractivity contribution is 7.08. The summed E-state index contributed by atoms with van der Waals surface area (Å²) in [7, 11) is 0. The van der Waals surface area contributed by atoms with Crippen molar-refractivity contribution in [2.75, 3.05) is 25.0 Å². The van der Waals surface area contributed by atoms with Crippen LogP contribution in [0.25, 0.3) is 0 Å². The lowest BCUT2D eigenvalue weighted by Gasteiger charge is -2.43. The third kappa shape index (κ3) is 4.59. The molecular formula is C21H24N4O5S. The highest BCUT2D eigenvalue weighted by Crippen LogP contribution is 2.38. The van der Waals surface area contributed by atoms with E-state index in [1.54, 1.807) is 32.2 Å². The number of carbonyl (C=O) groups excluding carboxylic acids is 2. The van der Waals surface area contributed by atoms with Gasteiger partial charge in [-0.25, -0.2) is 4.79 Å².